The molecule has 138 valence electrons. The largest absolute Gasteiger partial charge is 0.462 e. The molecule has 2 saturated heterocycles. The number of carbonyl (C=O) groups excluding carboxylic acids is 2. The van der Waals surface area contributed by atoms with Crippen LogP contribution in [-0.4, -0.2) is 35.9 Å². The third-order valence-electron chi connectivity index (χ3n) is 4.75. The van der Waals surface area contributed by atoms with Gasteiger partial charge in [0, 0.05) is 0 Å². The maximum atomic E-state index is 12.5. The molecule has 0 aromatic rings. The van der Waals surface area contributed by atoms with Crippen LogP contribution in [-0.2, 0) is 23.8 Å². The Morgan fingerprint density at radius 2 is 1.46 bits per heavy atom. The number of esters is 1. The first-order valence-electron chi connectivity index (χ1n) is 9.45. The summed E-state index contributed by atoms with van der Waals surface area (Å²) in [5.74, 6) is -1.45. The van der Waals surface area contributed by atoms with Crippen molar-refractivity contribution in [2.75, 3.05) is 0 Å². The Balaban J connectivity index is 1.99. The molecule has 0 radical (unpaired) electrons. The lowest BCUT2D eigenvalue weighted by Crippen LogP contribution is -2.34. The predicted octanol–water partition coefficient (Wildman–Crippen LogP) is 3.92. The fourth-order valence-corrected chi connectivity index (χ4v) is 3.55. The summed E-state index contributed by atoms with van der Waals surface area (Å²) in [5.41, 5.74) is 0. The molecule has 2 fully saturated rings. The smallest absolute Gasteiger partial charge is 0.313 e. The van der Waals surface area contributed by atoms with Gasteiger partial charge in [0.15, 0.2) is 11.6 Å². The van der Waals surface area contributed by atoms with E-state index in [1.54, 1.807) is 0 Å². The monoisotopic (exact) mass is 340 g/mol. The average molecular weight is 340 g/mol. The number of ether oxygens (including phenoxy) is 3. The Morgan fingerprint density at radius 1 is 0.875 bits per heavy atom. The molecule has 0 spiro atoms. The van der Waals surface area contributed by atoms with Gasteiger partial charge in [-0.3, -0.25) is 9.59 Å². The molecule has 3 atom stereocenters. The van der Waals surface area contributed by atoms with Crippen LogP contribution in [0.1, 0.15) is 85.0 Å². The highest BCUT2D eigenvalue weighted by Crippen LogP contribution is 2.32. The van der Waals surface area contributed by atoms with Crippen LogP contribution in [0.4, 0.5) is 0 Å². The average Bonchev–Trinajstić information content (AvgIpc) is 2.79. The normalized spacial score (nSPS) is 33.7. The van der Waals surface area contributed by atoms with Gasteiger partial charge in [0.1, 0.15) is 12.5 Å². The maximum Gasteiger partial charge on any atom is 0.313 e. The van der Waals surface area contributed by atoms with Crippen molar-refractivity contribution in [2.24, 2.45) is 0 Å². The first kappa shape index (κ1) is 19.4. The second kappa shape index (κ2) is 8.95. The fraction of sp³-hybridized carbons (Fsp3) is 0.895. The zero-order valence-corrected chi connectivity index (χ0v) is 15.3. The van der Waals surface area contributed by atoms with Gasteiger partial charge in [0.25, 0.3) is 0 Å². The lowest BCUT2D eigenvalue weighted by atomic mass is 10.00. The molecular formula is C19H32O5. The molecule has 0 aromatic carbocycles. The number of hydrogen-bond acceptors (Lipinski definition) is 5. The number of fused-ring (bicyclic) bond motifs is 1. The first-order chi connectivity index (χ1) is 11.4. The van der Waals surface area contributed by atoms with Gasteiger partial charge < -0.3 is 14.2 Å². The summed E-state index contributed by atoms with van der Waals surface area (Å²) in [5, 5.41) is 0. The van der Waals surface area contributed by atoms with E-state index in [0.717, 1.165) is 32.1 Å². The van der Waals surface area contributed by atoms with Crippen molar-refractivity contribution in [3.05, 3.63) is 0 Å². The van der Waals surface area contributed by atoms with Crippen molar-refractivity contribution in [3.8, 4) is 0 Å². The molecule has 2 aliphatic rings. The number of carbonyl (C=O) groups is 2. The van der Waals surface area contributed by atoms with Crippen LogP contribution in [0.3, 0.4) is 0 Å². The van der Waals surface area contributed by atoms with Gasteiger partial charge >= 0.3 is 5.97 Å². The Hall–Kier alpha value is -0.940. The predicted molar refractivity (Wildman–Crippen MR) is 90.6 cm³/mol. The second-order valence-electron chi connectivity index (χ2n) is 7.59. The van der Waals surface area contributed by atoms with Crippen molar-refractivity contribution in [1.82, 2.24) is 0 Å². The third kappa shape index (κ3) is 6.17. The van der Waals surface area contributed by atoms with Crippen molar-refractivity contribution in [1.29, 1.82) is 0 Å². The van der Waals surface area contributed by atoms with Gasteiger partial charge in [0.05, 0.1) is 12.2 Å². The molecule has 2 aliphatic heterocycles. The molecule has 24 heavy (non-hydrogen) atoms. The van der Waals surface area contributed by atoms with Crippen molar-refractivity contribution >= 4 is 11.8 Å². The van der Waals surface area contributed by atoms with E-state index in [-0.39, 0.29) is 24.4 Å². The Bertz CT molecular complexity index is 431. The Morgan fingerprint density at radius 3 is 2.12 bits per heavy atom. The second-order valence-corrected chi connectivity index (χ2v) is 7.59. The van der Waals surface area contributed by atoms with Crippen LogP contribution in [0.5, 0.6) is 0 Å². The van der Waals surface area contributed by atoms with Crippen LogP contribution in [0, 0.1) is 0 Å². The molecule has 0 aliphatic carbocycles. The van der Waals surface area contributed by atoms with Crippen LogP contribution < -0.4 is 0 Å². The highest BCUT2D eigenvalue weighted by atomic mass is 16.8. The highest BCUT2D eigenvalue weighted by Gasteiger charge is 2.44. The summed E-state index contributed by atoms with van der Waals surface area (Å²) in [6.07, 6.45) is 8.49. The van der Waals surface area contributed by atoms with Gasteiger partial charge in [-0.25, -0.2) is 0 Å². The van der Waals surface area contributed by atoms with Gasteiger partial charge in [0.2, 0.25) is 0 Å². The SMILES string of the molecule is C[C@@H]1CCCCCCCCC[C@@H]2OC(C)(C)O[C@H]2C(=O)CC(=O)O1. The molecular weight excluding hydrogens is 308 g/mol. The molecule has 2 rings (SSSR count). The molecule has 5 nitrogen and oxygen atoms in total. The maximum absolute atomic E-state index is 12.5. The van der Waals surface area contributed by atoms with E-state index in [2.05, 4.69) is 0 Å². The number of ketones is 1. The number of rotatable bonds is 0. The molecule has 0 saturated carbocycles. The van der Waals surface area contributed by atoms with Crippen LogP contribution in [0.25, 0.3) is 0 Å². The lowest BCUT2D eigenvalue weighted by molar-refractivity contribution is -0.160. The third-order valence-corrected chi connectivity index (χ3v) is 4.75. The van der Waals surface area contributed by atoms with Crippen LogP contribution in [0.2, 0.25) is 0 Å². The molecule has 0 amide bonds. The lowest BCUT2D eigenvalue weighted by Gasteiger charge is -2.17. The minimum atomic E-state index is -0.773. The van der Waals surface area contributed by atoms with Crippen molar-refractivity contribution < 1.29 is 23.8 Å². The molecule has 5 heteroatoms. The molecule has 0 unspecified atom stereocenters. The first-order valence-corrected chi connectivity index (χ1v) is 9.45. The minimum Gasteiger partial charge on any atom is -0.462 e. The van der Waals surface area contributed by atoms with E-state index < -0.39 is 17.9 Å². The standard InChI is InChI=1S/C19H32O5/c1-14-11-9-7-5-4-6-8-10-12-16-18(24-19(2,3)23-16)15(20)13-17(21)22-14/h14,16,18H,4-13H2,1-3H3/t14-,16+,18+/m1/s1. The zero-order chi connectivity index (χ0) is 17.6. The topological polar surface area (TPSA) is 61.8 Å². The number of cyclic esters (lactones) is 1. The summed E-state index contributed by atoms with van der Waals surface area (Å²) < 4.78 is 17.0. The Labute approximate surface area is 145 Å². The van der Waals surface area contributed by atoms with Gasteiger partial charge in [-0.15, -0.1) is 0 Å². The van der Waals surface area contributed by atoms with Gasteiger partial charge in [-0.2, -0.15) is 0 Å². The summed E-state index contributed by atoms with van der Waals surface area (Å²) in [7, 11) is 0. The highest BCUT2D eigenvalue weighted by molar-refractivity contribution is 5.98. The van der Waals surface area contributed by atoms with E-state index >= 15 is 0 Å². The summed E-state index contributed by atoms with van der Waals surface area (Å²) in [4.78, 5) is 24.5. The molecule has 2 heterocycles. The fourth-order valence-electron chi connectivity index (χ4n) is 3.55. The molecule has 0 N–H and O–H groups in total. The van der Waals surface area contributed by atoms with Gasteiger partial charge in [-0.1, -0.05) is 38.5 Å². The minimum absolute atomic E-state index is 0.133. The molecule has 0 bridgehead atoms. The summed E-state index contributed by atoms with van der Waals surface area (Å²) in [6.45, 7) is 5.53. The van der Waals surface area contributed by atoms with Crippen molar-refractivity contribution in [2.45, 2.75) is 109 Å². The zero-order valence-electron chi connectivity index (χ0n) is 15.3. The van der Waals surface area contributed by atoms with Crippen molar-refractivity contribution in [3.63, 3.8) is 0 Å². The van der Waals surface area contributed by atoms with E-state index in [1.807, 2.05) is 20.8 Å². The van der Waals surface area contributed by atoms with E-state index in [9.17, 15) is 9.59 Å². The van der Waals surface area contributed by atoms with E-state index in [1.165, 1.54) is 25.7 Å². The summed E-state index contributed by atoms with van der Waals surface area (Å²) in [6, 6.07) is 0. The number of Topliss-reactive ketones (excluding diaryl/α,β-unsaturated/α-hetero) is 1. The summed E-state index contributed by atoms with van der Waals surface area (Å²) >= 11 is 0. The van der Waals surface area contributed by atoms with E-state index in [4.69, 9.17) is 14.2 Å². The Kier molecular flexibility index (Phi) is 7.23. The number of hydrogen-bond donors (Lipinski definition) is 0. The molecule has 0 aromatic heterocycles. The quantitative estimate of drug-likeness (QED) is 0.494. The van der Waals surface area contributed by atoms with Crippen LogP contribution in [0.15, 0.2) is 0 Å². The van der Waals surface area contributed by atoms with E-state index in [0.29, 0.717) is 0 Å². The van der Waals surface area contributed by atoms with Gasteiger partial charge in [-0.05, 0) is 40.0 Å². The van der Waals surface area contributed by atoms with Crippen LogP contribution >= 0.6 is 0 Å².